The van der Waals surface area contributed by atoms with E-state index in [0.29, 0.717) is 40.8 Å². The van der Waals surface area contributed by atoms with Crippen molar-refractivity contribution >= 4 is 11.4 Å². The summed E-state index contributed by atoms with van der Waals surface area (Å²) in [5.41, 5.74) is 3.58. The summed E-state index contributed by atoms with van der Waals surface area (Å²) >= 11 is 0. The Balaban J connectivity index is 2.31. The van der Waals surface area contributed by atoms with E-state index in [1.165, 1.54) is 0 Å². The maximum absolute atomic E-state index is 9.15. The molecule has 148 valence electrons. The van der Waals surface area contributed by atoms with Gasteiger partial charge in [-0.15, -0.1) is 5.10 Å². The van der Waals surface area contributed by atoms with Crippen LogP contribution in [0.4, 0.5) is 0 Å². The molecular weight excluding hydrogens is 356 g/mol. The summed E-state index contributed by atoms with van der Waals surface area (Å²) in [6.07, 6.45) is 0.541. The average molecular weight is 383 g/mol. The fraction of sp³-hybridized carbons (Fsp3) is 0.364. The fourth-order valence-electron chi connectivity index (χ4n) is 3.40. The molecule has 1 atom stereocenters. The number of hydrogen-bond donors (Lipinski definition) is 0. The topological polar surface area (TPSA) is 61.6 Å². The molecule has 1 unspecified atom stereocenters. The van der Waals surface area contributed by atoms with Crippen LogP contribution in [0.2, 0.25) is 0 Å². The zero-order valence-electron chi connectivity index (χ0n) is 18.1. The van der Waals surface area contributed by atoms with Crippen molar-refractivity contribution in [3.8, 4) is 23.0 Å². The quantitative estimate of drug-likeness (QED) is 0.740. The number of hydrogen-bond acceptors (Lipinski definition) is 6. The third-order valence-electron chi connectivity index (χ3n) is 4.85. The molecular formula is C22H26N2O4. The molecule has 0 saturated carbocycles. The largest absolute Gasteiger partial charge is 0.493 e. The van der Waals surface area contributed by atoms with Gasteiger partial charge < -0.3 is 18.9 Å². The maximum Gasteiger partial charge on any atom is 0.161 e. The minimum absolute atomic E-state index is 0.541. The van der Waals surface area contributed by atoms with Crippen LogP contribution in [0, 0.1) is 0 Å². The van der Waals surface area contributed by atoms with E-state index in [4.69, 9.17) is 20.3 Å². The Kier molecular flexibility index (Phi) is 5.46. The zero-order valence-corrected chi connectivity index (χ0v) is 17.1. The third kappa shape index (κ3) is 3.42. The zero-order chi connectivity index (χ0) is 21.2. The van der Waals surface area contributed by atoms with Crippen LogP contribution in [0.1, 0.15) is 44.2 Å². The lowest BCUT2D eigenvalue weighted by Gasteiger charge is -2.20. The Bertz CT molecular complexity index is 987. The summed E-state index contributed by atoms with van der Waals surface area (Å²) < 4.78 is 31.0. The SMILES string of the molecule is [2H]C1(CC)C(C)=NN=C(c2ccc(OC)c(OC)c2)c2cc(OC)c(OC)cc21. The van der Waals surface area contributed by atoms with Crippen LogP contribution < -0.4 is 18.9 Å². The number of nitrogens with zero attached hydrogens (tertiary/aromatic N) is 2. The van der Waals surface area contributed by atoms with E-state index in [2.05, 4.69) is 10.2 Å². The molecule has 0 aromatic heterocycles. The first-order valence-corrected chi connectivity index (χ1v) is 9.05. The molecule has 6 heteroatoms. The Labute approximate surface area is 167 Å². The van der Waals surface area contributed by atoms with E-state index in [1.54, 1.807) is 28.4 Å². The van der Waals surface area contributed by atoms with Crippen molar-refractivity contribution in [1.29, 1.82) is 0 Å². The van der Waals surface area contributed by atoms with Gasteiger partial charge in [0.15, 0.2) is 23.0 Å². The summed E-state index contributed by atoms with van der Waals surface area (Å²) in [7, 11) is 6.36. The van der Waals surface area contributed by atoms with Crippen molar-refractivity contribution in [2.75, 3.05) is 28.4 Å². The predicted molar refractivity (Wildman–Crippen MR) is 111 cm³/mol. The van der Waals surface area contributed by atoms with Crippen LogP contribution in [0.15, 0.2) is 40.5 Å². The molecule has 3 rings (SSSR count). The Morgan fingerprint density at radius 3 is 2.07 bits per heavy atom. The number of methoxy groups -OCH3 is 4. The van der Waals surface area contributed by atoms with Crippen molar-refractivity contribution in [3.63, 3.8) is 0 Å². The molecule has 0 saturated heterocycles. The first-order valence-electron chi connectivity index (χ1n) is 9.55. The van der Waals surface area contributed by atoms with Crippen LogP contribution in [0.3, 0.4) is 0 Å². The lowest BCUT2D eigenvalue weighted by atomic mass is 9.85. The second-order valence-corrected chi connectivity index (χ2v) is 6.29. The first-order chi connectivity index (χ1) is 13.9. The summed E-state index contributed by atoms with van der Waals surface area (Å²) in [5, 5.41) is 8.91. The highest BCUT2D eigenvalue weighted by atomic mass is 16.5. The van der Waals surface area contributed by atoms with E-state index >= 15 is 0 Å². The van der Waals surface area contributed by atoms with Gasteiger partial charge in [-0.1, -0.05) is 6.92 Å². The molecule has 1 aliphatic heterocycles. The Morgan fingerprint density at radius 1 is 0.857 bits per heavy atom. The van der Waals surface area contributed by atoms with Crippen molar-refractivity contribution in [1.82, 2.24) is 0 Å². The van der Waals surface area contributed by atoms with E-state index in [0.717, 1.165) is 16.7 Å². The van der Waals surface area contributed by atoms with Crippen LogP contribution in [0.25, 0.3) is 0 Å². The highest BCUT2D eigenvalue weighted by molar-refractivity contribution is 6.16. The van der Waals surface area contributed by atoms with Gasteiger partial charge in [0.1, 0.15) is 5.71 Å². The van der Waals surface area contributed by atoms with Gasteiger partial charge in [0.25, 0.3) is 0 Å². The average Bonchev–Trinajstić information content (AvgIpc) is 2.87. The lowest BCUT2D eigenvalue weighted by molar-refractivity contribution is 0.354. The van der Waals surface area contributed by atoms with E-state index in [9.17, 15) is 0 Å². The molecule has 0 fully saturated rings. The second kappa shape index (κ2) is 8.33. The van der Waals surface area contributed by atoms with Gasteiger partial charge in [0.05, 0.1) is 28.4 Å². The van der Waals surface area contributed by atoms with Gasteiger partial charge in [0.2, 0.25) is 0 Å². The molecule has 28 heavy (non-hydrogen) atoms. The van der Waals surface area contributed by atoms with Gasteiger partial charge in [-0.3, -0.25) is 0 Å². The highest BCUT2D eigenvalue weighted by Gasteiger charge is 2.26. The molecule has 0 spiro atoms. The first kappa shape index (κ1) is 18.3. The number of fused-ring (bicyclic) bond motifs is 1. The number of rotatable bonds is 6. The van der Waals surface area contributed by atoms with Gasteiger partial charge in [-0.05, 0) is 49.2 Å². The Hall–Kier alpha value is -3.02. The normalized spacial score (nSPS) is 18.9. The predicted octanol–water partition coefficient (Wildman–Crippen LogP) is 4.44. The molecule has 1 heterocycles. The van der Waals surface area contributed by atoms with Crippen molar-refractivity contribution in [2.24, 2.45) is 10.2 Å². The molecule has 2 aromatic rings. The summed E-state index contributed by atoms with van der Waals surface area (Å²) in [6, 6.07) is 9.29. The van der Waals surface area contributed by atoms with Gasteiger partial charge in [0, 0.05) is 24.1 Å². The monoisotopic (exact) mass is 383 g/mol. The minimum Gasteiger partial charge on any atom is -0.493 e. The fourth-order valence-corrected chi connectivity index (χ4v) is 3.40. The molecule has 0 aliphatic carbocycles. The van der Waals surface area contributed by atoms with Gasteiger partial charge >= 0.3 is 0 Å². The molecule has 2 aromatic carbocycles. The highest BCUT2D eigenvalue weighted by Crippen LogP contribution is 2.39. The van der Waals surface area contributed by atoms with Crippen LogP contribution in [0.5, 0.6) is 23.0 Å². The van der Waals surface area contributed by atoms with Crippen molar-refractivity contribution in [2.45, 2.75) is 26.2 Å². The molecule has 0 bridgehead atoms. The van der Waals surface area contributed by atoms with E-state index in [-0.39, 0.29) is 0 Å². The summed E-state index contributed by atoms with van der Waals surface area (Å²) in [4.78, 5) is 0. The van der Waals surface area contributed by atoms with Crippen molar-refractivity contribution < 1.29 is 20.3 Å². The van der Waals surface area contributed by atoms with Gasteiger partial charge in [-0.2, -0.15) is 5.10 Å². The number of ether oxygens (including phenoxy) is 4. The third-order valence-corrected chi connectivity index (χ3v) is 4.85. The van der Waals surface area contributed by atoms with Crippen molar-refractivity contribution in [3.05, 3.63) is 47.0 Å². The summed E-state index contributed by atoms with van der Waals surface area (Å²) in [6.45, 7) is 3.80. The van der Waals surface area contributed by atoms with Crippen LogP contribution in [-0.2, 0) is 0 Å². The molecule has 6 nitrogen and oxygen atoms in total. The lowest BCUT2D eigenvalue weighted by Crippen LogP contribution is -2.13. The standard InChI is InChI=1S/C22H26N2O4/c1-7-15-13(2)23-24-22(14-8-9-18(25-3)19(10-14)26-4)17-12-21(28-6)20(27-5)11-16(15)17/h8-12,15H,7H2,1-6H3/i15D. The van der Waals surface area contributed by atoms with E-state index < -0.39 is 5.89 Å². The Morgan fingerprint density at radius 2 is 1.46 bits per heavy atom. The molecule has 0 amide bonds. The smallest absolute Gasteiger partial charge is 0.161 e. The molecule has 1 aliphatic rings. The number of benzene rings is 2. The summed E-state index contributed by atoms with van der Waals surface area (Å²) in [5.74, 6) is 1.32. The van der Waals surface area contributed by atoms with Gasteiger partial charge in [-0.25, -0.2) is 0 Å². The maximum atomic E-state index is 9.15. The second-order valence-electron chi connectivity index (χ2n) is 6.29. The van der Waals surface area contributed by atoms with Crippen LogP contribution in [-0.4, -0.2) is 39.9 Å². The van der Waals surface area contributed by atoms with Crippen LogP contribution >= 0.6 is 0 Å². The van der Waals surface area contributed by atoms with E-state index in [1.807, 2.05) is 44.2 Å². The molecule has 0 N–H and O–H groups in total. The molecule has 0 radical (unpaired) electrons. The minimum atomic E-state index is -1.03.